The van der Waals surface area contributed by atoms with E-state index >= 15 is 0 Å². The highest BCUT2D eigenvalue weighted by Gasteiger charge is 2.24. The smallest absolute Gasteiger partial charge is 0.126 e. The van der Waals surface area contributed by atoms with Gasteiger partial charge in [-0.1, -0.05) is 13.0 Å². The van der Waals surface area contributed by atoms with E-state index in [9.17, 15) is 9.18 Å². The van der Waals surface area contributed by atoms with Crippen LogP contribution in [0.1, 0.15) is 32.6 Å². The molecule has 0 radical (unpaired) electrons. The summed E-state index contributed by atoms with van der Waals surface area (Å²) in [6, 6.07) is 0. The van der Waals surface area contributed by atoms with Gasteiger partial charge in [0, 0.05) is 18.8 Å². The molecule has 0 spiro atoms. The van der Waals surface area contributed by atoms with Crippen LogP contribution in [-0.2, 0) is 9.53 Å². The van der Waals surface area contributed by atoms with E-state index in [4.69, 9.17) is 4.74 Å². The minimum absolute atomic E-state index is 0.0418. The molecule has 1 rings (SSSR count). The van der Waals surface area contributed by atoms with E-state index < -0.39 is 0 Å². The van der Waals surface area contributed by atoms with Crippen LogP contribution in [0.2, 0.25) is 0 Å². The Bertz CT molecular complexity index is 291. The van der Waals surface area contributed by atoms with E-state index in [0.29, 0.717) is 24.9 Å². The summed E-state index contributed by atoms with van der Waals surface area (Å²) in [5.74, 6) is 1.94. The summed E-state index contributed by atoms with van der Waals surface area (Å²) in [6.07, 6.45) is 7.92. The van der Waals surface area contributed by atoms with Crippen LogP contribution < -0.4 is 0 Å². The molecule has 0 saturated heterocycles. The third kappa shape index (κ3) is 4.63. The molecule has 1 aliphatic rings. The molecule has 0 aromatic heterocycles. The van der Waals surface area contributed by atoms with Crippen molar-refractivity contribution in [2.45, 2.75) is 32.6 Å². The van der Waals surface area contributed by atoms with Crippen molar-refractivity contribution in [1.82, 2.24) is 0 Å². The standard InChI is InChI=1S/C15H23FO2/c1-3-13(11-17)10-14-5-6-15(9-12(14)2)18-8-4-7-16/h3,6,11-14H,1,4-5,7-10H2,2H3/t12?,13-,14-/m0/s1. The van der Waals surface area contributed by atoms with Gasteiger partial charge in [-0.05, 0) is 30.8 Å². The topological polar surface area (TPSA) is 26.3 Å². The summed E-state index contributed by atoms with van der Waals surface area (Å²) in [7, 11) is 0. The molecule has 1 unspecified atom stereocenters. The number of alkyl halides is 1. The summed E-state index contributed by atoms with van der Waals surface area (Å²) in [4.78, 5) is 10.8. The number of ether oxygens (including phenoxy) is 1. The number of allylic oxidation sites excluding steroid dienone is 3. The Balaban J connectivity index is 2.42. The lowest BCUT2D eigenvalue weighted by Gasteiger charge is -2.29. The third-order valence-electron chi connectivity index (χ3n) is 3.59. The first-order valence-corrected chi connectivity index (χ1v) is 6.66. The number of aldehydes is 1. The first-order valence-electron chi connectivity index (χ1n) is 6.66. The van der Waals surface area contributed by atoms with Crippen molar-refractivity contribution < 1.29 is 13.9 Å². The number of rotatable bonds is 8. The Morgan fingerprint density at radius 2 is 2.44 bits per heavy atom. The zero-order valence-electron chi connectivity index (χ0n) is 11.1. The Labute approximate surface area is 109 Å². The molecule has 18 heavy (non-hydrogen) atoms. The molecule has 0 aliphatic heterocycles. The van der Waals surface area contributed by atoms with Crippen molar-refractivity contribution >= 4 is 6.29 Å². The molecule has 102 valence electrons. The molecule has 0 fully saturated rings. The normalized spacial score (nSPS) is 25.1. The number of halogens is 1. The maximum atomic E-state index is 12.0. The van der Waals surface area contributed by atoms with E-state index in [1.807, 2.05) is 0 Å². The second-order valence-corrected chi connectivity index (χ2v) is 5.01. The molecule has 2 nitrogen and oxygen atoms in total. The largest absolute Gasteiger partial charge is 0.498 e. The highest BCUT2D eigenvalue weighted by molar-refractivity contribution is 5.56. The molecule has 1 aliphatic carbocycles. The van der Waals surface area contributed by atoms with Crippen LogP contribution in [0, 0.1) is 17.8 Å². The summed E-state index contributed by atoms with van der Waals surface area (Å²) < 4.78 is 17.5. The van der Waals surface area contributed by atoms with Gasteiger partial charge in [-0.2, -0.15) is 0 Å². The Hall–Kier alpha value is -1.12. The fourth-order valence-electron chi connectivity index (χ4n) is 2.34. The van der Waals surface area contributed by atoms with Gasteiger partial charge in [-0.15, -0.1) is 6.58 Å². The number of hydrogen-bond acceptors (Lipinski definition) is 2. The first-order chi connectivity index (χ1) is 8.71. The van der Waals surface area contributed by atoms with E-state index in [0.717, 1.165) is 31.3 Å². The Morgan fingerprint density at radius 3 is 3.00 bits per heavy atom. The average molecular weight is 254 g/mol. The number of carbonyl (C=O) groups excluding carboxylic acids is 1. The Kier molecular flexibility index (Phi) is 6.69. The van der Waals surface area contributed by atoms with Crippen molar-refractivity contribution in [3.05, 3.63) is 24.5 Å². The van der Waals surface area contributed by atoms with E-state index in [-0.39, 0.29) is 12.6 Å². The van der Waals surface area contributed by atoms with Gasteiger partial charge in [0.05, 0.1) is 19.0 Å². The molecule has 3 heteroatoms. The lowest BCUT2D eigenvalue weighted by Crippen LogP contribution is -2.20. The fourth-order valence-corrected chi connectivity index (χ4v) is 2.34. The van der Waals surface area contributed by atoms with E-state index in [1.165, 1.54) is 0 Å². The molecule has 0 bridgehead atoms. The van der Waals surface area contributed by atoms with Gasteiger partial charge >= 0.3 is 0 Å². The van der Waals surface area contributed by atoms with Gasteiger partial charge in [0.1, 0.15) is 6.29 Å². The van der Waals surface area contributed by atoms with Gasteiger partial charge < -0.3 is 9.53 Å². The van der Waals surface area contributed by atoms with Crippen LogP contribution in [0.4, 0.5) is 4.39 Å². The molecule has 0 amide bonds. The predicted octanol–water partition coefficient (Wildman–Crippen LogP) is 3.68. The van der Waals surface area contributed by atoms with Crippen LogP contribution in [-0.4, -0.2) is 19.6 Å². The molecular weight excluding hydrogens is 231 g/mol. The number of hydrogen-bond donors (Lipinski definition) is 0. The van der Waals surface area contributed by atoms with Gasteiger partial charge in [0.2, 0.25) is 0 Å². The highest BCUT2D eigenvalue weighted by Crippen LogP contribution is 2.34. The average Bonchev–Trinajstić information content (AvgIpc) is 2.38. The van der Waals surface area contributed by atoms with Crippen molar-refractivity contribution in [3.63, 3.8) is 0 Å². The van der Waals surface area contributed by atoms with Crippen LogP contribution in [0.5, 0.6) is 0 Å². The highest BCUT2D eigenvalue weighted by atomic mass is 19.1. The molecule has 0 N–H and O–H groups in total. The Morgan fingerprint density at radius 1 is 1.67 bits per heavy atom. The van der Waals surface area contributed by atoms with Crippen LogP contribution in [0.25, 0.3) is 0 Å². The van der Waals surface area contributed by atoms with Crippen molar-refractivity contribution in [1.29, 1.82) is 0 Å². The maximum absolute atomic E-state index is 12.0. The quantitative estimate of drug-likeness (QED) is 0.375. The van der Waals surface area contributed by atoms with Crippen LogP contribution >= 0.6 is 0 Å². The molecule has 0 aromatic carbocycles. The minimum Gasteiger partial charge on any atom is -0.498 e. The minimum atomic E-state index is -0.328. The van der Waals surface area contributed by atoms with Gasteiger partial charge in [-0.25, -0.2) is 0 Å². The predicted molar refractivity (Wildman–Crippen MR) is 70.9 cm³/mol. The first kappa shape index (κ1) is 14.9. The summed E-state index contributed by atoms with van der Waals surface area (Å²) in [5.41, 5.74) is 0. The summed E-state index contributed by atoms with van der Waals surface area (Å²) in [5, 5.41) is 0. The fraction of sp³-hybridized carbons (Fsp3) is 0.667. The molecular formula is C15H23FO2. The molecule has 0 saturated carbocycles. The second-order valence-electron chi connectivity index (χ2n) is 5.01. The van der Waals surface area contributed by atoms with Gasteiger partial charge in [0.15, 0.2) is 0 Å². The summed E-state index contributed by atoms with van der Waals surface area (Å²) in [6.45, 7) is 6.00. The van der Waals surface area contributed by atoms with Crippen molar-refractivity contribution in [3.8, 4) is 0 Å². The van der Waals surface area contributed by atoms with E-state index in [1.54, 1.807) is 6.08 Å². The van der Waals surface area contributed by atoms with Gasteiger partial charge in [-0.3, -0.25) is 4.39 Å². The molecule has 0 heterocycles. The zero-order chi connectivity index (χ0) is 13.4. The number of carbonyl (C=O) groups is 1. The zero-order valence-corrected chi connectivity index (χ0v) is 11.1. The third-order valence-corrected chi connectivity index (χ3v) is 3.59. The van der Waals surface area contributed by atoms with Crippen molar-refractivity contribution in [2.75, 3.05) is 13.3 Å². The van der Waals surface area contributed by atoms with Crippen LogP contribution in [0.3, 0.4) is 0 Å². The second kappa shape index (κ2) is 8.06. The lowest BCUT2D eigenvalue weighted by molar-refractivity contribution is -0.110. The van der Waals surface area contributed by atoms with E-state index in [2.05, 4.69) is 19.6 Å². The van der Waals surface area contributed by atoms with Gasteiger partial charge in [0.25, 0.3) is 0 Å². The lowest BCUT2D eigenvalue weighted by atomic mass is 9.78. The SMILES string of the molecule is C=C[C@H](C=O)C[C@@H]1CC=C(OCCCF)CC1C. The summed E-state index contributed by atoms with van der Waals surface area (Å²) >= 11 is 0. The monoisotopic (exact) mass is 254 g/mol. The molecule has 0 aromatic rings. The maximum Gasteiger partial charge on any atom is 0.126 e. The van der Waals surface area contributed by atoms with Crippen LogP contribution in [0.15, 0.2) is 24.5 Å². The van der Waals surface area contributed by atoms with Crippen molar-refractivity contribution in [2.24, 2.45) is 17.8 Å². The molecule has 3 atom stereocenters.